The molecule has 0 aliphatic heterocycles. The van der Waals surface area contributed by atoms with Gasteiger partial charge in [0.25, 0.3) is 0 Å². The van der Waals surface area contributed by atoms with Gasteiger partial charge in [-0.1, -0.05) is 66.7 Å². The highest BCUT2D eigenvalue weighted by molar-refractivity contribution is 6.12. The summed E-state index contributed by atoms with van der Waals surface area (Å²) in [6, 6.07) is 52.8. The van der Waals surface area contributed by atoms with E-state index in [1.54, 1.807) is 0 Å². The number of furan rings is 1. The normalized spacial score (nSPS) is 11.6. The standard InChI is InChI=1S/C45H28N4O/c1-2-12-32(39-14-5-8-22-46-39)31(11-1)29-18-20-43-36(25-29)33-13-3-4-17-42(33)49(43)30-19-21-44-37(26-30)38-27-34(40-15-6-9-23-47-40)35(28-45(38)50-44)41-16-7-10-24-48-41/h1-28H. The maximum atomic E-state index is 6.50. The van der Waals surface area contributed by atoms with Crippen molar-refractivity contribution in [2.24, 2.45) is 0 Å². The van der Waals surface area contributed by atoms with Crippen LogP contribution in [0, 0.1) is 0 Å². The van der Waals surface area contributed by atoms with Crippen LogP contribution in [0.2, 0.25) is 0 Å². The molecule has 10 aromatic rings. The van der Waals surface area contributed by atoms with Gasteiger partial charge in [0.1, 0.15) is 11.2 Å². The van der Waals surface area contributed by atoms with Gasteiger partial charge in [0, 0.05) is 62.5 Å². The predicted molar refractivity (Wildman–Crippen MR) is 203 cm³/mol. The third-order valence-electron chi connectivity index (χ3n) is 9.58. The number of hydrogen-bond donors (Lipinski definition) is 0. The van der Waals surface area contributed by atoms with Crippen LogP contribution in [0.1, 0.15) is 0 Å². The van der Waals surface area contributed by atoms with Crippen LogP contribution in [0.15, 0.2) is 175 Å². The van der Waals surface area contributed by atoms with E-state index in [2.05, 4.69) is 118 Å². The minimum absolute atomic E-state index is 0.816. The lowest BCUT2D eigenvalue weighted by molar-refractivity contribution is 0.669. The number of para-hydroxylation sites is 1. The highest BCUT2D eigenvalue weighted by atomic mass is 16.3. The van der Waals surface area contributed by atoms with Gasteiger partial charge in [0.15, 0.2) is 0 Å². The first-order valence-corrected chi connectivity index (χ1v) is 16.7. The number of pyridine rings is 3. The molecule has 0 bridgehead atoms. The summed E-state index contributed by atoms with van der Waals surface area (Å²) in [6.45, 7) is 0. The molecule has 0 atom stereocenters. The molecule has 0 unspecified atom stereocenters. The zero-order chi connectivity index (χ0) is 33.0. The number of fused-ring (bicyclic) bond motifs is 6. The topological polar surface area (TPSA) is 56.7 Å². The minimum atomic E-state index is 0.816. The summed E-state index contributed by atoms with van der Waals surface area (Å²) >= 11 is 0. The highest BCUT2D eigenvalue weighted by Crippen LogP contribution is 2.41. The van der Waals surface area contributed by atoms with E-state index in [1.165, 1.54) is 10.8 Å². The second kappa shape index (κ2) is 11.4. The van der Waals surface area contributed by atoms with Gasteiger partial charge in [-0.25, -0.2) is 0 Å². The van der Waals surface area contributed by atoms with Crippen molar-refractivity contribution in [2.45, 2.75) is 0 Å². The Morgan fingerprint density at radius 2 is 0.980 bits per heavy atom. The Balaban J connectivity index is 1.17. The highest BCUT2D eigenvalue weighted by Gasteiger charge is 2.19. The van der Waals surface area contributed by atoms with Crippen LogP contribution in [0.25, 0.3) is 94.3 Å². The molecule has 5 heterocycles. The van der Waals surface area contributed by atoms with E-state index >= 15 is 0 Å². The van der Waals surface area contributed by atoms with Gasteiger partial charge in [-0.2, -0.15) is 0 Å². The molecule has 0 fully saturated rings. The molecule has 0 amide bonds. The predicted octanol–water partition coefficient (Wildman–Crippen LogP) is 11.5. The fraction of sp³-hybridized carbons (Fsp3) is 0. The molecule has 0 aliphatic carbocycles. The summed E-state index contributed by atoms with van der Waals surface area (Å²) < 4.78 is 8.86. The molecule has 5 aromatic carbocycles. The Hall–Kier alpha value is -6.85. The van der Waals surface area contributed by atoms with E-state index in [1.807, 2.05) is 67.1 Å². The minimum Gasteiger partial charge on any atom is -0.456 e. The molecule has 0 aliphatic rings. The first-order valence-electron chi connectivity index (χ1n) is 16.7. The molecule has 234 valence electrons. The van der Waals surface area contributed by atoms with Gasteiger partial charge >= 0.3 is 0 Å². The molecule has 5 nitrogen and oxygen atoms in total. The third kappa shape index (κ3) is 4.52. The lowest BCUT2D eigenvalue weighted by Gasteiger charge is -2.11. The van der Waals surface area contributed by atoms with Crippen molar-refractivity contribution >= 4 is 43.7 Å². The van der Waals surface area contributed by atoms with Crippen LogP contribution in [0.3, 0.4) is 0 Å². The van der Waals surface area contributed by atoms with E-state index in [9.17, 15) is 0 Å². The SMILES string of the molecule is c1ccc(-c2ccccc2-c2ccc3c(c2)c2ccccc2n3-c2ccc3oc4cc(-c5ccccn5)c(-c5ccccn5)cc4c3c2)nc1. The summed E-state index contributed by atoms with van der Waals surface area (Å²) in [5, 5.41) is 4.49. The Morgan fingerprint density at radius 3 is 1.70 bits per heavy atom. The van der Waals surface area contributed by atoms with Crippen molar-refractivity contribution in [3.63, 3.8) is 0 Å². The van der Waals surface area contributed by atoms with Crippen molar-refractivity contribution in [1.82, 2.24) is 19.5 Å². The Bertz CT molecular complexity index is 2860. The number of hydrogen-bond acceptors (Lipinski definition) is 4. The average Bonchev–Trinajstić information content (AvgIpc) is 3.72. The molecule has 0 radical (unpaired) electrons. The summed E-state index contributed by atoms with van der Waals surface area (Å²) in [5.74, 6) is 0. The molecule has 10 rings (SSSR count). The van der Waals surface area contributed by atoms with E-state index in [-0.39, 0.29) is 0 Å². The van der Waals surface area contributed by atoms with E-state index in [0.717, 1.165) is 83.6 Å². The van der Waals surface area contributed by atoms with Gasteiger partial charge in [-0.15, -0.1) is 0 Å². The fourth-order valence-electron chi connectivity index (χ4n) is 7.32. The molecule has 0 saturated carbocycles. The fourth-order valence-corrected chi connectivity index (χ4v) is 7.32. The lowest BCUT2D eigenvalue weighted by Crippen LogP contribution is -1.93. The molecule has 0 N–H and O–H groups in total. The second-order valence-corrected chi connectivity index (χ2v) is 12.5. The van der Waals surface area contributed by atoms with E-state index < -0.39 is 0 Å². The Labute approximate surface area is 287 Å². The van der Waals surface area contributed by atoms with Gasteiger partial charge in [0.2, 0.25) is 0 Å². The Kier molecular flexibility index (Phi) is 6.42. The summed E-state index contributed by atoms with van der Waals surface area (Å²) in [4.78, 5) is 14.0. The van der Waals surface area contributed by atoms with E-state index in [4.69, 9.17) is 9.40 Å². The molecule has 0 spiro atoms. The Morgan fingerprint density at radius 1 is 0.380 bits per heavy atom. The van der Waals surface area contributed by atoms with Crippen molar-refractivity contribution < 1.29 is 4.42 Å². The maximum Gasteiger partial charge on any atom is 0.136 e. The quantitative estimate of drug-likeness (QED) is 0.188. The van der Waals surface area contributed by atoms with Crippen LogP contribution in [-0.2, 0) is 0 Å². The van der Waals surface area contributed by atoms with Gasteiger partial charge in [-0.05, 0) is 96.1 Å². The smallest absolute Gasteiger partial charge is 0.136 e. The molecule has 5 heteroatoms. The first kappa shape index (κ1) is 28.2. The number of rotatable bonds is 5. The second-order valence-electron chi connectivity index (χ2n) is 12.5. The lowest BCUT2D eigenvalue weighted by atomic mass is 9.96. The van der Waals surface area contributed by atoms with Crippen molar-refractivity contribution in [2.75, 3.05) is 0 Å². The van der Waals surface area contributed by atoms with Crippen LogP contribution in [-0.4, -0.2) is 19.5 Å². The van der Waals surface area contributed by atoms with Gasteiger partial charge < -0.3 is 8.98 Å². The average molecular weight is 641 g/mol. The van der Waals surface area contributed by atoms with E-state index in [0.29, 0.717) is 0 Å². The van der Waals surface area contributed by atoms with Crippen molar-refractivity contribution in [3.05, 3.63) is 170 Å². The zero-order valence-electron chi connectivity index (χ0n) is 26.9. The third-order valence-corrected chi connectivity index (χ3v) is 9.58. The summed E-state index contributed by atoms with van der Waals surface area (Å²) in [7, 11) is 0. The van der Waals surface area contributed by atoms with Crippen molar-refractivity contribution in [3.8, 4) is 50.6 Å². The van der Waals surface area contributed by atoms with Crippen LogP contribution >= 0.6 is 0 Å². The maximum absolute atomic E-state index is 6.50. The van der Waals surface area contributed by atoms with Crippen LogP contribution < -0.4 is 0 Å². The largest absolute Gasteiger partial charge is 0.456 e. The summed E-state index contributed by atoms with van der Waals surface area (Å²) in [5.41, 5.74) is 13.2. The van der Waals surface area contributed by atoms with Gasteiger partial charge in [-0.3, -0.25) is 15.0 Å². The first-order chi connectivity index (χ1) is 24.8. The molecular formula is C45H28N4O. The molecule has 0 saturated heterocycles. The number of aromatic nitrogens is 4. The zero-order valence-corrected chi connectivity index (χ0v) is 26.9. The van der Waals surface area contributed by atoms with Crippen LogP contribution in [0.4, 0.5) is 0 Å². The monoisotopic (exact) mass is 640 g/mol. The van der Waals surface area contributed by atoms with Crippen LogP contribution in [0.5, 0.6) is 0 Å². The molecular weight excluding hydrogens is 613 g/mol. The number of nitrogens with zero attached hydrogens (tertiary/aromatic N) is 4. The summed E-state index contributed by atoms with van der Waals surface area (Å²) in [6.07, 6.45) is 5.50. The van der Waals surface area contributed by atoms with Crippen molar-refractivity contribution in [1.29, 1.82) is 0 Å². The van der Waals surface area contributed by atoms with Gasteiger partial charge in [0.05, 0.1) is 28.1 Å². The number of benzene rings is 5. The molecule has 5 aromatic heterocycles. The molecule has 50 heavy (non-hydrogen) atoms.